The van der Waals surface area contributed by atoms with Gasteiger partial charge in [0.1, 0.15) is 6.10 Å². The molecule has 1 saturated heterocycles. The number of hydrogen-bond donors (Lipinski definition) is 0. The zero-order valence-corrected chi connectivity index (χ0v) is 19.9. The summed E-state index contributed by atoms with van der Waals surface area (Å²) in [4.78, 5) is 0. The lowest BCUT2D eigenvalue weighted by Gasteiger charge is -2.40. The van der Waals surface area contributed by atoms with Crippen molar-refractivity contribution in [2.24, 2.45) is 5.41 Å². The summed E-state index contributed by atoms with van der Waals surface area (Å²) in [6, 6.07) is 0. The Labute approximate surface area is 177 Å². The normalized spacial score (nSPS) is 29.6. The number of allylic oxidation sites excluding steroid dienone is 4. The van der Waals surface area contributed by atoms with Gasteiger partial charge in [-0.1, -0.05) is 56.6 Å². The van der Waals surface area contributed by atoms with E-state index in [2.05, 4.69) is 76.6 Å². The van der Waals surface area contributed by atoms with E-state index in [4.69, 9.17) is 13.9 Å². The molecule has 1 heterocycles. The molecule has 0 N–H and O–H groups in total. The van der Waals surface area contributed by atoms with E-state index in [-0.39, 0.29) is 16.6 Å². The summed E-state index contributed by atoms with van der Waals surface area (Å²) in [6.45, 7) is 16.8. The topological polar surface area (TPSA) is 27.7 Å². The Morgan fingerprint density at radius 1 is 1.14 bits per heavy atom. The van der Waals surface area contributed by atoms with Crippen molar-refractivity contribution in [3.63, 3.8) is 0 Å². The monoisotopic (exact) mass is 410 g/mol. The van der Waals surface area contributed by atoms with Crippen LogP contribution in [0.25, 0.3) is 0 Å². The number of hydrogen-bond acceptors (Lipinski definition) is 3. The molecule has 0 aromatic heterocycles. The average molecular weight is 411 g/mol. The van der Waals surface area contributed by atoms with Gasteiger partial charge >= 0.3 is 0 Å². The molecule has 2 atom stereocenters. The van der Waals surface area contributed by atoms with Crippen LogP contribution < -0.4 is 0 Å². The molecule has 3 nitrogen and oxygen atoms in total. The second kappa shape index (κ2) is 7.93. The molecule has 0 saturated carbocycles. The van der Waals surface area contributed by atoms with E-state index < -0.39 is 14.1 Å². The minimum Gasteiger partial charge on any atom is -0.400 e. The molecule has 29 heavy (non-hydrogen) atoms. The lowest BCUT2D eigenvalue weighted by atomic mass is 9.75. The second-order valence-corrected chi connectivity index (χ2v) is 14.9. The van der Waals surface area contributed by atoms with E-state index in [1.165, 1.54) is 11.1 Å². The molecular formula is C25H34O3Si. The van der Waals surface area contributed by atoms with Gasteiger partial charge in [-0.3, -0.25) is 0 Å². The third-order valence-corrected chi connectivity index (χ3v) is 10.8. The summed E-state index contributed by atoms with van der Waals surface area (Å²) >= 11 is 0. The lowest BCUT2D eigenvalue weighted by Crippen LogP contribution is -2.45. The number of fused-ring (bicyclic) bond motifs is 2. The first-order chi connectivity index (χ1) is 13.4. The first kappa shape index (κ1) is 22.1. The van der Waals surface area contributed by atoms with Crippen molar-refractivity contribution in [1.29, 1.82) is 0 Å². The Bertz CT molecular complexity index is 858. The van der Waals surface area contributed by atoms with Gasteiger partial charge < -0.3 is 13.9 Å². The summed E-state index contributed by atoms with van der Waals surface area (Å²) in [5, 5.41) is 0.109. The fraction of sp³-hybridized carbons (Fsp3) is 0.600. The first-order valence-electron chi connectivity index (χ1n) is 10.5. The third kappa shape index (κ3) is 5.14. The molecule has 4 heteroatoms. The molecule has 156 valence electrons. The van der Waals surface area contributed by atoms with Crippen molar-refractivity contribution in [2.75, 3.05) is 13.2 Å². The summed E-state index contributed by atoms with van der Waals surface area (Å²) < 4.78 is 18.6. The SMILES string of the molecule is CC12C#C/C=C/C#CC(O[Si](C)(C)C(C)(C)C)C(=C(CC3(C)OCCO3)C=C1)C2. The van der Waals surface area contributed by atoms with Gasteiger partial charge in [-0.25, -0.2) is 0 Å². The smallest absolute Gasteiger partial charge is 0.194 e. The highest BCUT2D eigenvalue weighted by atomic mass is 28.4. The van der Waals surface area contributed by atoms with Gasteiger partial charge in [-0.2, -0.15) is 0 Å². The maximum absolute atomic E-state index is 6.84. The van der Waals surface area contributed by atoms with Gasteiger partial charge in [0.2, 0.25) is 0 Å². The van der Waals surface area contributed by atoms with Gasteiger partial charge in [0.05, 0.1) is 18.6 Å². The molecule has 2 bridgehead atoms. The molecule has 0 amide bonds. The van der Waals surface area contributed by atoms with Crippen LogP contribution in [-0.2, 0) is 13.9 Å². The van der Waals surface area contributed by atoms with E-state index in [1.807, 2.05) is 19.1 Å². The van der Waals surface area contributed by atoms with Gasteiger partial charge in [0.15, 0.2) is 14.1 Å². The summed E-state index contributed by atoms with van der Waals surface area (Å²) in [7, 11) is -2.02. The molecule has 2 unspecified atom stereocenters. The molecule has 0 aromatic rings. The molecule has 3 aliphatic rings. The Hall–Kier alpha value is -1.56. The lowest BCUT2D eigenvalue weighted by molar-refractivity contribution is -0.140. The van der Waals surface area contributed by atoms with E-state index >= 15 is 0 Å². The Morgan fingerprint density at radius 2 is 1.79 bits per heavy atom. The van der Waals surface area contributed by atoms with E-state index in [0.717, 1.165) is 6.42 Å². The van der Waals surface area contributed by atoms with E-state index in [9.17, 15) is 0 Å². The van der Waals surface area contributed by atoms with E-state index in [0.29, 0.717) is 19.6 Å². The molecular weight excluding hydrogens is 376 g/mol. The van der Waals surface area contributed by atoms with Gasteiger partial charge in [-0.15, -0.1) is 0 Å². The van der Waals surface area contributed by atoms with Crippen molar-refractivity contribution in [2.45, 2.75) is 77.5 Å². The second-order valence-electron chi connectivity index (χ2n) is 10.1. The standard InChI is InChI=1S/C25H34O3Si/c1-23(2,3)29(6,7)28-22-12-10-8-9-11-14-24(4)15-13-20(21(22)19-24)18-25(5)26-16-17-27-25/h8-9,13,15,22H,16-19H2,1-7H3/b9-8+. The highest BCUT2D eigenvalue weighted by molar-refractivity contribution is 6.74. The Morgan fingerprint density at radius 3 is 2.45 bits per heavy atom. The largest absolute Gasteiger partial charge is 0.400 e. The summed E-state index contributed by atoms with van der Waals surface area (Å²) in [6.07, 6.45) is 9.32. The maximum Gasteiger partial charge on any atom is 0.194 e. The molecule has 0 radical (unpaired) electrons. The van der Waals surface area contributed by atoms with E-state index in [1.54, 1.807) is 0 Å². The molecule has 1 aliphatic heterocycles. The van der Waals surface area contributed by atoms with Crippen LogP contribution in [0.2, 0.25) is 18.1 Å². The van der Waals surface area contributed by atoms with Gasteiger partial charge in [-0.05, 0) is 61.7 Å². The maximum atomic E-state index is 6.84. The summed E-state index contributed by atoms with van der Waals surface area (Å²) in [5.74, 6) is 12.5. The highest BCUT2D eigenvalue weighted by Crippen LogP contribution is 2.43. The molecule has 0 aromatic carbocycles. The molecule has 0 spiro atoms. The minimum absolute atomic E-state index is 0.109. The van der Waals surface area contributed by atoms with Crippen LogP contribution in [0.5, 0.6) is 0 Å². The van der Waals surface area contributed by atoms with Crippen LogP contribution in [0.1, 0.15) is 47.5 Å². The van der Waals surface area contributed by atoms with Crippen molar-refractivity contribution >= 4 is 8.32 Å². The molecule has 2 aliphatic carbocycles. The van der Waals surface area contributed by atoms with Crippen LogP contribution in [0, 0.1) is 29.1 Å². The van der Waals surface area contributed by atoms with Gasteiger partial charge in [0, 0.05) is 6.42 Å². The molecule has 3 rings (SSSR count). The van der Waals surface area contributed by atoms with Crippen LogP contribution in [-0.4, -0.2) is 33.4 Å². The molecule has 1 fully saturated rings. The fourth-order valence-electron chi connectivity index (χ4n) is 3.56. The Balaban J connectivity index is 2.05. The fourth-order valence-corrected chi connectivity index (χ4v) is 4.70. The van der Waals surface area contributed by atoms with Crippen LogP contribution in [0.15, 0.2) is 35.5 Å². The highest BCUT2D eigenvalue weighted by Gasteiger charge is 2.42. The van der Waals surface area contributed by atoms with Gasteiger partial charge in [0.25, 0.3) is 0 Å². The Kier molecular flexibility index (Phi) is 6.05. The minimum atomic E-state index is -2.02. The van der Waals surface area contributed by atoms with Crippen molar-refractivity contribution in [3.8, 4) is 23.7 Å². The van der Waals surface area contributed by atoms with Crippen molar-refractivity contribution < 1.29 is 13.9 Å². The van der Waals surface area contributed by atoms with Crippen LogP contribution in [0.3, 0.4) is 0 Å². The van der Waals surface area contributed by atoms with Crippen LogP contribution in [0.4, 0.5) is 0 Å². The predicted molar refractivity (Wildman–Crippen MR) is 121 cm³/mol. The van der Waals surface area contributed by atoms with Crippen molar-refractivity contribution in [3.05, 3.63) is 35.5 Å². The van der Waals surface area contributed by atoms with Crippen LogP contribution >= 0.6 is 0 Å². The summed E-state index contributed by atoms with van der Waals surface area (Å²) in [5.41, 5.74) is 2.20. The number of rotatable bonds is 4. The first-order valence-corrected chi connectivity index (χ1v) is 13.4. The number of ether oxygens (including phenoxy) is 2. The third-order valence-electron chi connectivity index (χ3n) is 6.39. The zero-order valence-electron chi connectivity index (χ0n) is 18.9. The zero-order chi connectivity index (χ0) is 21.3. The quantitative estimate of drug-likeness (QED) is 0.461. The average Bonchev–Trinajstić information content (AvgIpc) is 3.04. The predicted octanol–water partition coefficient (Wildman–Crippen LogP) is 5.37. The van der Waals surface area contributed by atoms with Crippen molar-refractivity contribution in [1.82, 2.24) is 0 Å².